The molecule has 0 saturated carbocycles. The lowest BCUT2D eigenvalue weighted by atomic mass is 10.1. The normalized spacial score (nSPS) is 11.3. The average Bonchev–Trinajstić information content (AvgIpc) is 3.33. The molecule has 0 bridgehead atoms. The fourth-order valence-corrected chi connectivity index (χ4v) is 4.19. The summed E-state index contributed by atoms with van der Waals surface area (Å²) in [7, 11) is 3.99. The van der Waals surface area contributed by atoms with Gasteiger partial charge >= 0.3 is 0 Å². The zero-order valence-corrected chi connectivity index (χ0v) is 21.2. The number of benzene rings is 3. The van der Waals surface area contributed by atoms with E-state index in [2.05, 4.69) is 9.97 Å². The van der Waals surface area contributed by atoms with Crippen molar-refractivity contribution in [3.8, 4) is 22.8 Å². The van der Waals surface area contributed by atoms with E-state index in [0.29, 0.717) is 23.1 Å². The summed E-state index contributed by atoms with van der Waals surface area (Å²) < 4.78 is 31.1. The van der Waals surface area contributed by atoms with Crippen LogP contribution in [0.25, 0.3) is 22.2 Å². The van der Waals surface area contributed by atoms with Gasteiger partial charge in [0.1, 0.15) is 48.4 Å². The highest BCUT2D eigenvalue weighted by molar-refractivity contribution is 6.32. The summed E-state index contributed by atoms with van der Waals surface area (Å²) in [6.45, 7) is 1.25. The molecule has 8 heteroatoms. The molecule has 5 aromatic rings. The van der Waals surface area contributed by atoms with E-state index in [1.807, 2.05) is 55.4 Å². The van der Waals surface area contributed by atoms with E-state index in [1.54, 1.807) is 24.3 Å². The molecule has 5 rings (SSSR count). The molecule has 0 aliphatic rings. The molecular formula is C29H25ClFN3O3. The van der Waals surface area contributed by atoms with E-state index < -0.39 is 0 Å². The lowest BCUT2D eigenvalue weighted by Gasteiger charge is -2.11. The Hall–Kier alpha value is -3.94. The Morgan fingerprint density at radius 2 is 1.76 bits per heavy atom. The van der Waals surface area contributed by atoms with Crippen molar-refractivity contribution in [3.63, 3.8) is 0 Å². The molecule has 2 aromatic heterocycles. The van der Waals surface area contributed by atoms with Crippen molar-refractivity contribution >= 4 is 22.5 Å². The van der Waals surface area contributed by atoms with Gasteiger partial charge in [-0.05, 0) is 80.3 Å². The smallest absolute Gasteiger partial charge is 0.146 e. The molecule has 0 aliphatic carbocycles. The first kappa shape index (κ1) is 24.7. The summed E-state index contributed by atoms with van der Waals surface area (Å²) in [4.78, 5) is 10.9. The lowest BCUT2D eigenvalue weighted by molar-refractivity contribution is 0.258. The zero-order chi connectivity index (χ0) is 25.8. The number of ether oxygens (including phenoxy) is 2. The second-order valence-corrected chi connectivity index (χ2v) is 9.27. The Morgan fingerprint density at radius 1 is 0.892 bits per heavy atom. The number of rotatable bonds is 9. The van der Waals surface area contributed by atoms with Gasteiger partial charge in [-0.25, -0.2) is 14.4 Å². The van der Waals surface area contributed by atoms with E-state index in [1.165, 1.54) is 18.5 Å². The van der Waals surface area contributed by atoms with Crippen LogP contribution in [-0.2, 0) is 19.8 Å². The minimum absolute atomic E-state index is 0.209. The molecule has 6 nitrogen and oxygen atoms in total. The quantitative estimate of drug-likeness (QED) is 0.212. The molecule has 0 aliphatic heterocycles. The monoisotopic (exact) mass is 517 g/mol. The lowest BCUT2D eigenvalue weighted by Crippen LogP contribution is -2.09. The number of halogens is 2. The molecule has 0 N–H and O–H groups in total. The Morgan fingerprint density at radius 3 is 2.57 bits per heavy atom. The van der Waals surface area contributed by atoms with Gasteiger partial charge in [-0.2, -0.15) is 0 Å². The first-order chi connectivity index (χ1) is 17.9. The summed E-state index contributed by atoms with van der Waals surface area (Å²) in [6.07, 6.45) is 1.52. The van der Waals surface area contributed by atoms with Crippen molar-refractivity contribution in [2.24, 2.45) is 0 Å². The van der Waals surface area contributed by atoms with Crippen molar-refractivity contribution in [1.29, 1.82) is 0 Å². The van der Waals surface area contributed by atoms with Crippen LogP contribution in [0.5, 0.6) is 11.5 Å². The van der Waals surface area contributed by atoms with E-state index >= 15 is 0 Å². The number of nitrogens with zero attached hydrogens (tertiary/aromatic N) is 3. The third-order valence-electron chi connectivity index (χ3n) is 5.67. The SMILES string of the molecule is CN(C)Cc1ccc(COc2ccc3ncnc(-c4ccc(OCc5cccc(F)c5)c(Cl)c4)c3c2)o1. The van der Waals surface area contributed by atoms with Crippen LogP contribution in [0.1, 0.15) is 17.1 Å². The largest absolute Gasteiger partial charge is 0.487 e. The third-order valence-corrected chi connectivity index (χ3v) is 5.96. The Labute approximate surface area is 219 Å². The van der Waals surface area contributed by atoms with E-state index in [4.69, 9.17) is 25.5 Å². The molecule has 0 saturated heterocycles. The first-order valence-electron chi connectivity index (χ1n) is 11.7. The standard InChI is InChI=1S/C29H25ClFN3O3/c1-34(2)15-23-7-8-24(37-23)17-35-22-9-10-27-25(14-22)29(33-18-32-27)20-6-11-28(26(30)13-20)36-16-19-4-3-5-21(31)12-19/h3-14,18H,15-17H2,1-2H3. The van der Waals surface area contributed by atoms with Crippen LogP contribution in [0.15, 0.2) is 83.5 Å². The molecule has 2 heterocycles. The molecule has 188 valence electrons. The highest BCUT2D eigenvalue weighted by Gasteiger charge is 2.12. The van der Waals surface area contributed by atoms with E-state index in [9.17, 15) is 4.39 Å². The Bertz CT molecular complexity index is 1540. The van der Waals surface area contributed by atoms with Crippen molar-refractivity contribution in [2.45, 2.75) is 19.8 Å². The van der Waals surface area contributed by atoms with Crippen LogP contribution < -0.4 is 9.47 Å². The van der Waals surface area contributed by atoms with Crippen molar-refractivity contribution in [1.82, 2.24) is 14.9 Å². The van der Waals surface area contributed by atoms with Crippen molar-refractivity contribution < 1.29 is 18.3 Å². The van der Waals surface area contributed by atoms with Gasteiger partial charge in [-0.15, -0.1) is 0 Å². The van der Waals surface area contributed by atoms with Crippen LogP contribution in [0.3, 0.4) is 0 Å². The second-order valence-electron chi connectivity index (χ2n) is 8.86. The van der Waals surface area contributed by atoms with Gasteiger partial charge in [0.05, 0.1) is 22.8 Å². The first-order valence-corrected chi connectivity index (χ1v) is 12.1. The number of fused-ring (bicyclic) bond motifs is 1. The van der Waals surface area contributed by atoms with Crippen LogP contribution in [-0.4, -0.2) is 29.0 Å². The number of aromatic nitrogens is 2. The van der Waals surface area contributed by atoms with Gasteiger partial charge in [0.15, 0.2) is 0 Å². The number of hydrogen-bond donors (Lipinski definition) is 0. The molecule has 0 atom stereocenters. The molecule has 3 aromatic carbocycles. The molecule has 0 amide bonds. The maximum Gasteiger partial charge on any atom is 0.146 e. The summed E-state index contributed by atoms with van der Waals surface area (Å²) in [5.41, 5.74) is 3.04. The predicted octanol–water partition coefficient (Wildman–Crippen LogP) is 6.90. The molecular weight excluding hydrogens is 493 g/mol. The number of hydrogen-bond acceptors (Lipinski definition) is 6. The molecule has 0 spiro atoms. The van der Waals surface area contributed by atoms with Gasteiger partial charge in [-0.1, -0.05) is 23.7 Å². The minimum Gasteiger partial charge on any atom is -0.487 e. The summed E-state index contributed by atoms with van der Waals surface area (Å²) in [5.74, 6) is 2.51. The van der Waals surface area contributed by atoms with Crippen LogP contribution in [0, 0.1) is 5.82 Å². The van der Waals surface area contributed by atoms with Gasteiger partial charge in [-0.3, -0.25) is 0 Å². The van der Waals surface area contributed by atoms with E-state index in [0.717, 1.165) is 45.8 Å². The highest BCUT2D eigenvalue weighted by Crippen LogP contribution is 2.34. The summed E-state index contributed by atoms with van der Waals surface area (Å²) in [6, 6.07) is 21.3. The van der Waals surface area contributed by atoms with Gasteiger partial charge in [0.25, 0.3) is 0 Å². The molecule has 0 unspecified atom stereocenters. The van der Waals surface area contributed by atoms with Gasteiger partial charge in [0.2, 0.25) is 0 Å². The molecule has 0 fully saturated rings. The van der Waals surface area contributed by atoms with Gasteiger partial charge in [0, 0.05) is 10.9 Å². The fraction of sp³-hybridized carbons (Fsp3) is 0.172. The third kappa shape index (κ3) is 6.07. The molecule has 37 heavy (non-hydrogen) atoms. The minimum atomic E-state index is -0.306. The van der Waals surface area contributed by atoms with Crippen LogP contribution in [0.2, 0.25) is 5.02 Å². The van der Waals surface area contributed by atoms with Crippen molar-refractivity contribution in [2.75, 3.05) is 14.1 Å². The maximum absolute atomic E-state index is 13.4. The summed E-state index contributed by atoms with van der Waals surface area (Å²) >= 11 is 6.53. The second kappa shape index (κ2) is 11.0. The van der Waals surface area contributed by atoms with E-state index in [-0.39, 0.29) is 12.4 Å². The van der Waals surface area contributed by atoms with Crippen molar-refractivity contribution in [3.05, 3.63) is 107 Å². The average molecular weight is 518 g/mol. The molecule has 0 radical (unpaired) electrons. The Balaban J connectivity index is 1.34. The topological polar surface area (TPSA) is 60.6 Å². The van der Waals surface area contributed by atoms with Crippen LogP contribution in [0.4, 0.5) is 4.39 Å². The summed E-state index contributed by atoms with van der Waals surface area (Å²) in [5, 5.41) is 1.26. The maximum atomic E-state index is 13.4. The predicted molar refractivity (Wildman–Crippen MR) is 141 cm³/mol. The zero-order valence-electron chi connectivity index (χ0n) is 20.4. The highest BCUT2D eigenvalue weighted by atomic mass is 35.5. The van der Waals surface area contributed by atoms with Crippen LogP contribution >= 0.6 is 11.6 Å². The number of furan rings is 1. The Kier molecular flexibility index (Phi) is 7.35. The van der Waals surface area contributed by atoms with Gasteiger partial charge < -0.3 is 18.8 Å². The fourth-order valence-electron chi connectivity index (χ4n) is 3.96.